The van der Waals surface area contributed by atoms with Gasteiger partial charge in [-0.3, -0.25) is 4.90 Å². The van der Waals surface area contributed by atoms with Crippen LogP contribution in [0.3, 0.4) is 0 Å². The highest BCUT2D eigenvalue weighted by Gasteiger charge is 2.09. The van der Waals surface area contributed by atoms with E-state index in [0.29, 0.717) is 11.4 Å². The Morgan fingerprint density at radius 3 is 2.26 bits per heavy atom. The maximum Gasteiger partial charge on any atom is 0.221 e. The van der Waals surface area contributed by atoms with Gasteiger partial charge in [0.05, 0.1) is 12.4 Å². The average Bonchev–Trinajstić information content (AvgIpc) is 2.96. The molecule has 0 radical (unpaired) electrons. The third kappa shape index (κ3) is 3.72. The fourth-order valence-corrected chi connectivity index (χ4v) is 2.62. The molecule has 0 atom stereocenters. The zero-order chi connectivity index (χ0) is 16.1. The van der Waals surface area contributed by atoms with Gasteiger partial charge in [-0.25, -0.2) is 4.68 Å². The molecule has 3 aromatic rings. The third-order valence-electron chi connectivity index (χ3n) is 3.67. The van der Waals surface area contributed by atoms with E-state index in [2.05, 4.69) is 46.5 Å². The van der Waals surface area contributed by atoms with Crippen LogP contribution in [-0.4, -0.2) is 31.2 Å². The summed E-state index contributed by atoms with van der Waals surface area (Å²) in [5.41, 5.74) is 2.20. The van der Waals surface area contributed by atoms with E-state index in [0.717, 1.165) is 18.8 Å². The molecule has 23 heavy (non-hydrogen) atoms. The highest BCUT2D eigenvalue weighted by atomic mass is 32.1. The number of para-hydroxylation sites is 1. The largest absolute Gasteiger partial charge is 0.280 e. The first-order chi connectivity index (χ1) is 11.3. The predicted molar refractivity (Wildman–Crippen MR) is 92.7 cm³/mol. The number of rotatable bonds is 6. The van der Waals surface area contributed by atoms with E-state index in [1.807, 2.05) is 36.4 Å². The lowest BCUT2D eigenvalue weighted by atomic mass is 10.2. The molecule has 0 amide bonds. The van der Waals surface area contributed by atoms with E-state index in [-0.39, 0.29) is 0 Å². The molecule has 0 bridgehead atoms. The lowest BCUT2D eigenvalue weighted by molar-refractivity contribution is 0.205. The highest BCUT2D eigenvalue weighted by Crippen LogP contribution is 2.08. The number of nitrogens with zero attached hydrogens (tertiary/aromatic N) is 5. The molecule has 3 rings (SSSR count). The zero-order valence-corrected chi connectivity index (χ0v) is 13.9. The van der Waals surface area contributed by atoms with Crippen molar-refractivity contribution < 1.29 is 0 Å². The molecule has 0 spiro atoms. The van der Waals surface area contributed by atoms with Gasteiger partial charge in [0.2, 0.25) is 4.77 Å². The summed E-state index contributed by atoms with van der Waals surface area (Å²) >= 11 is 5.51. The highest BCUT2D eigenvalue weighted by molar-refractivity contribution is 7.71. The summed E-state index contributed by atoms with van der Waals surface area (Å²) in [5, 5.41) is 8.38. The van der Waals surface area contributed by atoms with Gasteiger partial charge in [-0.2, -0.15) is 4.68 Å². The van der Waals surface area contributed by atoms with Gasteiger partial charge in [0.25, 0.3) is 0 Å². The minimum atomic E-state index is 0.600. The van der Waals surface area contributed by atoms with Crippen molar-refractivity contribution in [3.8, 4) is 5.69 Å². The van der Waals surface area contributed by atoms with Crippen molar-refractivity contribution in [1.82, 2.24) is 24.7 Å². The van der Waals surface area contributed by atoms with Gasteiger partial charge in [-0.15, -0.1) is 0 Å². The van der Waals surface area contributed by atoms with Crippen LogP contribution < -0.4 is 0 Å². The van der Waals surface area contributed by atoms with Crippen molar-refractivity contribution in [3.05, 3.63) is 71.0 Å². The Morgan fingerprint density at radius 2 is 1.61 bits per heavy atom. The standard InChI is InChI=1S/C17H19N5S/c1-2-20(13-15-9-5-3-6-10-15)14-21-17(23)22(19-18-21)16-11-7-4-8-12-16/h3-12H,2,13-14H2,1H3. The second-order valence-electron chi connectivity index (χ2n) is 5.28. The average molecular weight is 325 g/mol. The van der Waals surface area contributed by atoms with Gasteiger partial charge in [-0.05, 0) is 46.9 Å². The summed E-state index contributed by atoms with van der Waals surface area (Å²) in [6.07, 6.45) is 0. The van der Waals surface area contributed by atoms with E-state index in [1.54, 1.807) is 9.36 Å². The monoisotopic (exact) mass is 325 g/mol. The molecule has 0 aliphatic carbocycles. The molecule has 0 saturated carbocycles. The summed E-state index contributed by atoms with van der Waals surface area (Å²) in [6, 6.07) is 20.2. The normalized spacial score (nSPS) is 11.0. The molecule has 1 aromatic heterocycles. The van der Waals surface area contributed by atoms with Crippen molar-refractivity contribution in [2.24, 2.45) is 0 Å². The van der Waals surface area contributed by atoms with Crippen molar-refractivity contribution in [1.29, 1.82) is 0 Å². The summed E-state index contributed by atoms with van der Waals surface area (Å²) in [4.78, 5) is 2.27. The fraction of sp³-hybridized carbons (Fsp3) is 0.235. The SMILES string of the molecule is CCN(Cc1ccccc1)Cn1nnn(-c2ccccc2)c1=S. The summed E-state index contributed by atoms with van der Waals surface area (Å²) in [6.45, 7) is 4.53. The first kappa shape index (κ1) is 15.6. The smallest absolute Gasteiger partial charge is 0.221 e. The van der Waals surface area contributed by atoms with Crippen molar-refractivity contribution in [2.75, 3.05) is 6.54 Å². The number of hydrogen-bond acceptors (Lipinski definition) is 4. The molecule has 0 N–H and O–H groups in total. The lowest BCUT2D eigenvalue weighted by Crippen LogP contribution is -2.26. The Labute approximate surface area is 140 Å². The first-order valence-electron chi connectivity index (χ1n) is 7.62. The van der Waals surface area contributed by atoms with Crippen LogP contribution in [0, 0.1) is 4.77 Å². The molecule has 1 heterocycles. The minimum Gasteiger partial charge on any atom is -0.280 e. The summed E-state index contributed by atoms with van der Waals surface area (Å²) in [5.74, 6) is 0. The van der Waals surface area contributed by atoms with Crippen LogP contribution in [-0.2, 0) is 13.2 Å². The van der Waals surface area contributed by atoms with Gasteiger partial charge in [-0.1, -0.05) is 55.5 Å². The van der Waals surface area contributed by atoms with Crippen LogP contribution in [0.1, 0.15) is 12.5 Å². The van der Waals surface area contributed by atoms with Gasteiger partial charge < -0.3 is 0 Å². The van der Waals surface area contributed by atoms with Crippen LogP contribution in [0.15, 0.2) is 60.7 Å². The van der Waals surface area contributed by atoms with Crippen LogP contribution in [0.25, 0.3) is 5.69 Å². The molecular weight excluding hydrogens is 306 g/mol. The summed E-state index contributed by atoms with van der Waals surface area (Å²) in [7, 11) is 0. The predicted octanol–water partition coefficient (Wildman–Crippen LogP) is 3.28. The number of tetrazole rings is 1. The van der Waals surface area contributed by atoms with E-state index in [4.69, 9.17) is 12.2 Å². The van der Waals surface area contributed by atoms with E-state index < -0.39 is 0 Å². The van der Waals surface area contributed by atoms with Gasteiger partial charge in [0, 0.05) is 6.54 Å². The molecule has 0 fully saturated rings. The second kappa shape index (κ2) is 7.30. The Morgan fingerprint density at radius 1 is 0.957 bits per heavy atom. The van der Waals surface area contributed by atoms with E-state index in [1.165, 1.54) is 5.56 Å². The number of benzene rings is 2. The lowest BCUT2D eigenvalue weighted by Gasteiger charge is -2.19. The van der Waals surface area contributed by atoms with Crippen LogP contribution in [0.2, 0.25) is 0 Å². The Bertz CT molecular complexity index is 795. The molecule has 0 aliphatic heterocycles. The van der Waals surface area contributed by atoms with Crippen molar-refractivity contribution >= 4 is 12.2 Å². The molecule has 0 saturated heterocycles. The Hall–Kier alpha value is -2.31. The topological polar surface area (TPSA) is 38.9 Å². The second-order valence-corrected chi connectivity index (χ2v) is 5.65. The van der Waals surface area contributed by atoms with Gasteiger partial charge >= 0.3 is 0 Å². The van der Waals surface area contributed by atoms with Crippen LogP contribution in [0.5, 0.6) is 0 Å². The Kier molecular flexibility index (Phi) is 4.95. The number of hydrogen-bond donors (Lipinski definition) is 0. The molecular formula is C17H19N5S. The van der Waals surface area contributed by atoms with Crippen LogP contribution in [0.4, 0.5) is 0 Å². The maximum atomic E-state index is 5.51. The molecule has 6 heteroatoms. The van der Waals surface area contributed by atoms with Crippen molar-refractivity contribution in [2.45, 2.75) is 20.1 Å². The maximum absolute atomic E-state index is 5.51. The van der Waals surface area contributed by atoms with E-state index in [9.17, 15) is 0 Å². The van der Waals surface area contributed by atoms with Crippen molar-refractivity contribution in [3.63, 3.8) is 0 Å². The number of aromatic nitrogens is 4. The van der Waals surface area contributed by atoms with E-state index >= 15 is 0 Å². The molecule has 2 aromatic carbocycles. The van der Waals surface area contributed by atoms with Gasteiger partial charge in [0.15, 0.2) is 0 Å². The van der Waals surface area contributed by atoms with Crippen LogP contribution >= 0.6 is 12.2 Å². The zero-order valence-electron chi connectivity index (χ0n) is 13.0. The Balaban J connectivity index is 1.77. The quantitative estimate of drug-likeness (QED) is 0.652. The van der Waals surface area contributed by atoms with Gasteiger partial charge in [0.1, 0.15) is 0 Å². The first-order valence-corrected chi connectivity index (χ1v) is 8.03. The summed E-state index contributed by atoms with van der Waals surface area (Å²) < 4.78 is 4.04. The molecule has 0 aliphatic rings. The molecule has 118 valence electrons. The molecule has 0 unspecified atom stereocenters. The minimum absolute atomic E-state index is 0.600. The third-order valence-corrected chi connectivity index (χ3v) is 4.05. The molecule has 5 nitrogen and oxygen atoms in total. The fourth-order valence-electron chi connectivity index (χ4n) is 2.39.